The lowest BCUT2D eigenvalue weighted by Crippen LogP contribution is -2.45. The Labute approximate surface area is 145 Å². The van der Waals surface area contributed by atoms with Crippen molar-refractivity contribution in [1.82, 2.24) is 10.2 Å². The molecule has 0 aliphatic carbocycles. The topological polar surface area (TPSA) is 24.5 Å². The van der Waals surface area contributed by atoms with Crippen LogP contribution < -0.4 is 10.1 Å². The van der Waals surface area contributed by atoms with Crippen molar-refractivity contribution < 1.29 is 4.74 Å². The fourth-order valence-electron chi connectivity index (χ4n) is 2.71. The van der Waals surface area contributed by atoms with Gasteiger partial charge in [-0.15, -0.1) is 24.8 Å². The summed E-state index contributed by atoms with van der Waals surface area (Å²) in [6.07, 6.45) is 2.35. The van der Waals surface area contributed by atoms with Crippen LogP contribution in [0.4, 0.5) is 0 Å². The molecular weight excluding hydrogens is 331 g/mol. The van der Waals surface area contributed by atoms with Crippen molar-refractivity contribution in [3.8, 4) is 5.75 Å². The summed E-state index contributed by atoms with van der Waals surface area (Å²) in [5, 5.41) is 4.09. The standard InChI is InChI=1S/C15H23ClN2O.2ClH/c1-3-4-14(18-9-7-17-8-10-18)12-5-6-13(16)15(11-12)19-2;;/h5-6,11,14,17H,3-4,7-10H2,1-2H3;2*1H/t14-;;/m1../s1. The molecule has 1 aromatic carbocycles. The molecule has 2 rings (SSSR count). The van der Waals surface area contributed by atoms with Gasteiger partial charge in [-0.1, -0.05) is 31.0 Å². The van der Waals surface area contributed by atoms with Crippen LogP contribution in [0.5, 0.6) is 5.75 Å². The minimum atomic E-state index is 0. The summed E-state index contributed by atoms with van der Waals surface area (Å²) in [6.45, 7) is 6.60. The Morgan fingerprint density at radius 2 is 1.95 bits per heavy atom. The smallest absolute Gasteiger partial charge is 0.137 e. The molecule has 1 aromatic rings. The predicted molar refractivity (Wildman–Crippen MR) is 94.6 cm³/mol. The molecule has 0 amide bonds. The Balaban J connectivity index is 0.00000200. The van der Waals surface area contributed by atoms with Crippen molar-refractivity contribution in [2.75, 3.05) is 33.3 Å². The summed E-state index contributed by atoms with van der Waals surface area (Å²) in [4.78, 5) is 2.56. The molecule has 0 radical (unpaired) electrons. The van der Waals surface area contributed by atoms with Gasteiger partial charge in [0.05, 0.1) is 12.1 Å². The van der Waals surface area contributed by atoms with E-state index < -0.39 is 0 Å². The van der Waals surface area contributed by atoms with E-state index in [-0.39, 0.29) is 24.8 Å². The Bertz CT molecular complexity index is 412. The molecule has 0 unspecified atom stereocenters. The quantitative estimate of drug-likeness (QED) is 0.866. The summed E-state index contributed by atoms with van der Waals surface area (Å²) in [5.41, 5.74) is 1.31. The van der Waals surface area contributed by atoms with Gasteiger partial charge in [-0.2, -0.15) is 0 Å². The molecule has 0 spiro atoms. The zero-order valence-corrected chi connectivity index (χ0v) is 15.0. The number of hydrogen-bond acceptors (Lipinski definition) is 3. The van der Waals surface area contributed by atoms with Crippen LogP contribution in [0.3, 0.4) is 0 Å². The molecule has 1 fully saturated rings. The maximum absolute atomic E-state index is 6.12. The van der Waals surface area contributed by atoms with Crippen LogP contribution in [0.1, 0.15) is 31.4 Å². The second-order valence-electron chi connectivity index (χ2n) is 4.98. The van der Waals surface area contributed by atoms with Gasteiger partial charge < -0.3 is 10.1 Å². The summed E-state index contributed by atoms with van der Waals surface area (Å²) >= 11 is 6.12. The van der Waals surface area contributed by atoms with Gasteiger partial charge in [-0.05, 0) is 24.1 Å². The molecule has 1 N–H and O–H groups in total. The number of nitrogens with zero attached hydrogens (tertiary/aromatic N) is 1. The zero-order valence-electron chi connectivity index (χ0n) is 12.6. The largest absolute Gasteiger partial charge is 0.495 e. The average Bonchev–Trinajstić information content (AvgIpc) is 2.46. The van der Waals surface area contributed by atoms with Gasteiger partial charge in [-0.3, -0.25) is 4.90 Å². The number of methoxy groups -OCH3 is 1. The molecule has 1 aliphatic rings. The van der Waals surface area contributed by atoms with Gasteiger partial charge in [-0.25, -0.2) is 0 Å². The fourth-order valence-corrected chi connectivity index (χ4v) is 2.91. The monoisotopic (exact) mass is 354 g/mol. The van der Waals surface area contributed by atoms with Gasteiger partial charge in [0, 0.05) is 32.2 Å². The third-order valence-electron chi connectivity index (χ3n) is 3.71. The number of benzene rings is 1. The van der Waals surface area contributed by atoms with Crippen LogP contribution in [0.2, 0.25) is 5.02 Å². The molecule has 1 heterocycles. The van der Waals surface area contributed by atoms with Crippen molar-refractivity contribution in [3.63, 3.8) is 0 Å². The lowest BCUT2D eigenvalue weighted by Gasteiger charge is -2.35. The zero-order chi connectivity index (χ0) is 13.7. The third kappa shape index (κ3) is 5.50. The average molecular weight is 356 g/mol. The van der Waals surface area contributed by atoms with Crippen molar-refractivity contribution >= 4 is 36.4 Å². The van der Waals surface area contributed by atoms with Gasteiger partial charge in [0.15, 0.2) is 0 Å². The highest BCUT2D eigenvalue weighted by atomic mass is 35.5. The highest BCUT2D eigenvalue weighted by Crippen LogP contribution is 2.32. The number of ether oxygens (including phenoxy) is 1. The summed E-state index contributed by atoms with van der Waals surface area (Å²) < 4.78 is 5.34. The van der Waals surface area contributed by atoms with Crippen LogP contribution in [0.15, 0.2) is 18.2 Å². The third-order valence-corrected chi connectivity index (χ3v) is 4.03. The molecule has 21 heavy (non-hydrogen) atoms. The number of halogens is 3. The van der Waals surface area contributed by atoms with E-state index in [4.69, 9.17) is 16.3 Å². The molecule has 0 aromatic heterocycles. The lowest BCUT2D eigenvalue weighted by atomic mass is 9.99. The van der Waals surface area contributed by atoms with Gasteiger partial charge in [0.1, 0.15) is 5.75 Å². The highest BCUT2D eigenvalue weighted by molar-refractivity contribution is 6.32. The maximum atomic E-state index is 6.12. The Morgan fingerprint density at radius 1 is 1.29 bits per heavy atom. The second-order valence-corrected chi connectivity index (χ2v) is 5.39. The van der Waals surface area contributed by atoms with Crippen LogP contribution in [-0.4, -0.2) is 38.2 Å². The normalized spacial score (nSPS) is 16.5. The van der Waals surface area contributed by atoms with E-state index in [1.54, 1.807) is 7.11 Å². The van der Waals surface area contributed by atoms with Crippen molar-refractivity contribution in [1.29, 1.82) is 0 Å². The van der Waals surface area contributed by atoms with E-state index in [9.17, 15) is 0 Å². The van der Waals surface area contributed by atoms with Crippen LogP contribution in [0.25, 0.3) is 0 Å². The lowest BCUT2D eigenvalue weighted by molar-refractivity contribution is 0.164. The molecule has 0 saturated carbocycles. The number of rotatable bonds is 5. The second kappa shape index (κ2) is 10.5. The Morgan fingerprint density at radius 3 is 2.52 bits per heavy atom. The molecule has 1 atom stereocenters. The Kier molecular flexibility index (Phi) is 10.4. The van der Waals surface area contributed by atoms with Crippen LogP contribution in [-0.2, 0) is 0 Å². The van der Waals surface area contributed by atoms with E-state index in [0.717, 1.165) is 31.9 Å². The first-order chi connectivity index (χ1) is 9.26. The van der Waals surface area contributed by atoms with Crippen molar-refractivity contribution in [3.05, 3.63) is 28.8 Å². The summed E-state index contributed by atoms with van der Waals surface area (Å²) in [7, 11) is 1.67. The first-order valence-electron chi connectivity index (χ1n) is 7.04. The van der Waals surface area contributed by atoms with E-state index >= 15 is 0 Å². The fraction of sp³-hybridized carbons (Fsp3) is 0.600. The highest BCUT2D eigenvalue weighted by Gasteiger charge is 2.22. The summed E-state index contributed by atoms with van der Waals surface area (Å²) in [6, 6.07) is 6.64. The minimum Gasteiger partial charge on any atom is -0.495 e. The number of nitrogens with one attached hydrogen (secondary N) is 1. The van der Waals surface area contributed by atoms with E-state index in [0.29, 0.717) is 11.1 Å². The molecule has 3 nitrogen and oxygen atoms in total. The van der Waals surface area contributed by atoms with Crippen molar-refractivity contribution in [2.24, 2.45) is 0 Å². The van der Waals surface area contributed by atoms with Crippen LogP contribution >= 0.6 is 36.4 Å². The SMILES string of the molecule is CCC[C@H](c1ccc(Cl)c(OC)c1)N1CCNCC1.Cl.Cl. The van der Waals surface area contributed by atoms with Gasteiger partial charge in [0.25, 0.3) is 0 Å². The molecule has 1 aliphatic heterocycles. The molecular formula is C15H25Cl3N2O. The van der Waals surface area contributed by atoms with E-state index in [2.05, 4.69) is 29.3 Å². The van der Waals surface area contributed by atoms with Gasteiger partial charge >= 0.3 is 0 Å². The summed E-state index contributed by atoms with van der Waals surface area (Å²) in [5.74, 6) is 0.774. The number of piperazine rings is 1. The van der Waals surface area contributed by atoms with E-state index in [1.165, 1.54) is 18.4 Å². The minimum absolute atomic E-state index is 0. The van der Waals surface area contributed by atoms with Gasteiger partial charge in [0.2, 0.25) is 0 Å². The first kappa shape index (κ1) is 20.8. The first-order valence-corrected chi connectivity index (χ1v) is 7.42. The van der Waals surface area contributed by atoms with Crippen LogP contribution in [0, 0.1) is 0 Å². The predicted octanol–water partition coefficient (Wildman–Crippen LogP) is 3.94. The molecule has 6 heteroatoms. The maximum Gasteiger partial charge on any atom is 0.137 e. The van der Waals surface area contributed by atoms with Crippen molar-refractivity contribution in [2.45, 2.75) is 25.8 Å². The molecule has 122 valence electrons. The molecule has 0 bridgehead atoms. The Hall–Kier alpha value is -0.190. The van der Waals surface area contributed by atoms with E-state index in [1.807, 2.05) is 6.07 Å². The number of hydrogen-bond donors (Lipinski definition) is 1. The molecule has 1 saturated heterocycles.